The van der Waals surface area contributed by atoms with Crippen LogP contribution in [0, 0.1) is 0 Å². The zero-order chi connectivity index (χ0) is 25.1. The van der Waals surface area contributed by atoms with Gasteiger partial charge in [-0.25, -0.2) is 9.78 Å². The molecule has 11 N–H and O–H groups in total. The third-order valence-electron chi connectivity index (χ3n) is 4.90. The number of carbonyl (C=O) groups excluding carboxylic acids is 2. The van der Waals surface area contributed by atoms with E-state index in [4.69, 9.17) is 17.2 Å². The number of carbonyl (C=O) groups is 3. The van der Waals surface area contributed by atoms with Crippen LogP contribution < -0.4 is 27.8 Å². The zero-order valence-electron chi connectivity index (χ0n) is 18.5. The van der Waals surface area contributed by atoms with Crippen molar-refractivity contribution in [1.29, 1.82) is 0 Å². The van der Waals surface area contributed by atoms with Crippen LogP contribution in [0.1, 0.15) is 24.1 Å². The van der Waals surface area contributed by atoms with Gasteiger partial charge in [-0.3, -0.25) is 14.6 Å². The molecule has 0 saturated heterocycles. The molecule has 0 aliphatic carbocycles. The number of phenols is 1. The van der Waals surface area contributed by atoms with Crippen LogP contribution in [0.2, 0.25) is 0 Å². The van der Waals surface area contributed by atoms with Crippen molar-refractivity contribution in [2.24, 2.45) is 22.2 Å². The number of aromatic amines is 1. The Kier molecular flexibility index (Phi) is 9.83. The lowest BCUT2D eigenvalue weighted by molar-refractivity contribution is -0.142. The summed E-state index contributed by atoms with van der Waals surface area (Å²) in [6, 6.07) is 2.96. The van der Waals surface area contributed by atoms with E-state index >= 15 is 0 Å². The highest BCUT2D eigenvalue weighted by Gasteiger charge is 2.28. The highest BCUT2D eigenvalue weighted by Crippen LogP contribution is 2.11. The van der Waals surface area contributed by atoms with E-state index in [1.807, 2.05) is 0 Å². The van der Waals surface area contributed by atoms with Crippen molar-refractivity contribution in [3.8, 4) is 5.75 Å². The summed E-state index contributed by atoms with van der Waals surface area (Å²) in [5.74, 6) is -2.53. The van der Waals surface area contributed by atoms with Crippen LogP contribution in [0.3, 0.4) is 0 Å². The Labute approximate surface area is 195 Å². The van der Waals surface area contributed by atoms with Gasteiger partial charge in [0.25, 0.3) is 0 Å². The van der Waals surface area contributed by atoms with Gasteiger partial charge in [0.2, 0.25) is 11.8 Å². The average molecular weight is 475 g/mol. The molecule has 34 heavy (non-hydrogen) atoms. The van der Waals surface area contributed by atoms with Gasteiger partial charge in [0.1, 0.15) is 17.8 Å². The quantitative estimate of drug-likeness (QED) is 0.0940. The second-order valence-electron chi connectivity index (χ2n) is 7.67. The van der Waals surface area contributed by atoms with E-state index in [-0.39, 0.29) is 37.5 Å². The molecule has 0 radical (unpaired) electrons. The molecule has 1 aromatic carbocycles. The van der Waals surface area contributed by atoms with Crippen molar-refractivity contribution in [1.82, 2.24) is 20.6 Å². The summed E-state index contributed by atoms with van der Waals surface area (Å²) >= 11 is 0. The Hall–Kier alpha value is -4.13. The smallest absolute Gasteiger partial charge is 0.326 e. The lowest BCUT2D eigenvalue weighted by Gasteiger charge is -2.22. The van der Waals surface area contributed by atoms with E-state index in [1.54, 1.807) is 12.1 Å². The number of carboxylic acids is 1. The van der Waals surface area contributed by atoms with E-state index in [9.17, 15) is 24.6 Å². The maximum Gasteiger partial charge on any atom is 0.326 e. The van der Waals surface area contributed by atoms with Crippen LogP contribution in [-0.2, 0) is 27.2 Å². The molecule has 2 amide bonds. The molecule has 0 spiro atoms. The van der Waals surface area contributed by atoms with Crippen LogP contribution >= 0.6 is 0 Å². The SMILES string of the molecule is NC(N)=NCCCC(NC(=O)C(Cc1cnc[nH]1)NC(=O)C(N)Cc1ccc(O)cc1)C(=O)O. The fraction of sp³-hybridized carbons (Fsp3) is 0.381. The fourth-order valence-corrected chi connectivity index (χ4v) is 3.12. The minimum absolute atomic E-state index is 0.0455. The van der Waals surface area contributed by atoms with Gasteiger partial charge < -0.3 is 43.0 Å². The first-order chi connectivity index (χ1) is 16.2. The van der Waals surface area contributed by atoms with Crippen molar-refractivity contribution in [2.45, 2.75) is 43.8 Å². The number of carboxylic acid groups (broad SMARTS) is 1. The molecule has 2 rings (SSSR count). The lowest BCUT2D eigenvalue weighted by Crippen LogP contribution is -2.55. The zero-order valence-corrected chi connectivity index (χ0v) is 18.5. The van der Waals surface area contributed by atoms with Crippen molar-refractivity contribution in [3.63, 3.8) is 0 Å². The van der Waals surface area contributed by atoms with Gasteiger partial charge in [0.15, 0.2) is 5.96 Å². The number of benzene rings is 1. The van der Waals surface area contributed by atoms with E-state index in [0.29, 0.717) is 12.1 Å². The van der Waals surface area contributed by atoms with Crippen molar-refractivity contribution in [2.75, 3.05) is 6.54 Å². The number of nitrogens with two attached hydrogens (primary N) is 3. The second kappa shape index (κ2) is 12.8. The molecule has 0 bridgehead atoms. The number of nitrogens with one attached hydrogen (secondary N) is 3. The largest absolute Gasteiger partial charge is 0.508 e. The summed E-state index contributed by atoms with van der Waals surface area (Å²) in [5, 5.41) is 23.9. The normalized spacial score (nSPS) is 13.3. The summed E-state index contributed by atoms with van der Waals surface area (Å²) in [4.78, 5) is 47.8. The predicted molar refractivity (Wildman–Crippen MR) is 123 cm³/mol. The molecule has 3 atom stereocenters. The maximum atomic E-state index is 12.9. The average Bonchev–Trinajstić information content (AvgIpc) is 3.29. The number of nitrogens with zero attached hydrogens (tertiary/aromatic N) is 2. The number of H-pyrrole nitrogens is 1. The number of hydrogen-bond acceptors (Lipinski definition) is 7. The second-order valence-corrected chi connectivity index (χ2v) is 7.67. The lowest BCUT2D eigenvalue weighted by atomic mass is 10.0. The van der Waals surface area contributed by atoms with E-state index < -0.39 is 35.9 Å². The Morgan fingerprint density at radius 1 is 1.06 bits per heavy atom. The van der Waals surface area contributed by atoms with Gasteiger partial charge in [-0.2, -0.15) is 0 Å². The summed E-state index contributed by atoms with van der Waals surface area (Å²) < 4.78 is 0. The molecule has 3 unspecified atom stereocenters. The molecular formula is C21H30N8O5. The number of imidazole rings is 1. The molecule has 2 aromatic rings. The van der Waals surface area contributed by atoms with Crippen LogP contribution in [0.25, 0.3) is 0 Å². The molecule has 0 aliphatic heterocycles. The number of hydrogen-bond donors (Lipinski definition) is 8. The molecule has 13 heteroatoms. The molecule has 0 saturated carbocycles. The Morgan fingerprint density at radius 2 is 1.74 bits per heavy atom. The molecule has 0 aliphatic rings. The first-order valence-corrected chi connectivity index (χ1v) is 10.6. The molecule has 0 fully saturated rings. The molecule has 13 nitrogen and oxygen atoms in total. The molecule has 1 heterocycles. The number of phenolic OH excluding ortho intramolecular Hbond substituents is 1. The van der Waals surface area contributed by atoms with Crippen LogP contribution in [0.4, 0.5) is 0 Å². The van der Waals surface area contributed by atoms with Crippen LogP contribution in [0.15, 0.2) is 41.8 Å². The van der Waals surface area contributed by atoms with Crippen molar-refractivity contribution < 1.29 is 24.6 Å². The number of aliphatic carboxylic acids is 1. The van der Waals surface area contributed by atoms with Gasteiger partial charge in [-0.05, 0) is 37.0 Å². The number of guanidine groups is 1. The predicted octanol–water partition coefficient (Wildman–Crippen LogP) is -1.66. The van der Waals surface area contributed by atoms with Crippen molar-refractivity contribution >= 4 is 23.7 Å². The van der Waals surface area contributed by atoms with E-state index in [0.717, 1.165) is 5.56 Å². The first-order valence-electron chi connectivity index (χ1n) is 10.6. The molecular weight excluding hydrogens is 444 g/mol. The van der Waals surface area contributed by atoms with Gasteiger partial charge in [-0.15, -0.1) is 0 Å². The third kappa shape index (κ3) is 8.78. The summed E-state index contributed by atoms with van der Waals surface area (Å²) in [6.07, 6.45) is 3.54. The van der Waals surface area contributed by atoms with Gasteiger partial charge in [0, 0.05) is 24.9 Å². The van der Waals surface area contributed by atoms with E-state index in [2.05, 4.69) is 25.6 Å². The monoisotopic (exact) mass is 474 g/mol. The van der Waals surface area contributed by atoms with Crippen LogP contribution in [0.5, 0.6) is 5.75 Å². The molecule has 184 valence electrons. The number of aromatic hydroxyl groups is 1. The first kappa shape index (κ1) is 26.1. The minimum Gasteiger partial charge on any atom is -0.508 e. The summed E-state index contributed by atoms with van der Waals surface area (Å²) in [7, 11) is 0. The van der Waals surface area contributed by atoms with Gasteiger partial charge in [0.05, 0.1) is 12.4 Å². The van der Waals surface area contributed by atoms with Crippen molar-refractivity contribution in [3.05, 3.63) is 48.0 Å². The Bertz CT molecular complexity index is 974. The third-order valence-corrected chi connectivity index (χ3v) is 4.90. The van der Waals surface area contributed by atoms with Gasteiger partial charge >= 0.3 is 5.97 Å². The van der Waals surface area contributed by atoms with Gasteiger partial charge in [-0.1, -0.05) is 12.1 Å². The van der Waals surface area contributed by atoms with E-state index in [1.165, 1.54) is 24.7 Å². The number of rotatable bonds is 13. The summed E-state index contributed by atoms with van der Waals surface area (Å²) in [5.41, 5.74) is 17.8. The Balaban J connectivity index is 2.05. The van der Waals surface area contributed by atoms with Crippen LogP contribution in [-0.4, -0.2) is 68.6 Å². The highest BCUT2D eigenvalue weighted by molar-refractivity contribution is 5.92. The standard InChI is InChI=1S/C21H30N8O5/c22-15(8-12-3-5-14(30)6-4-12)18(31)29-17(9-13-10-25-11-27-13)19(32)28-16(20(33)34)2-1-7-26-21(23)24/h3-6,10-11,15-17,30H,1-2,7-9,22H2,(H,25,27)(H,28,32)(H,29,31)(H,33,34)(H4,23,24,26). The molecule has 1 aromatic heterocycles. The number of amides is 2. The summed E-state index contributed by atoms with van der Waals surface area (Å²) in [6.45, 7) is 0.211. The topological polar surface area (TPSA) is 235 Å². The number of aromatic nitrogens is 2. The number of aliphatic imine (C=N–C) groups is 1. The highest BCUT2D eigenvalue weighted by atomic mass is 16.4. The Morgan fingerprint density at radius 3 is 2.32 bits per heavy atom. The minimum atomic E-state index is -1.23. The fourth-order valence-electron chi connectivity index (χ4n) is 3.12. The maximum absolute atomic E-state index is 12.9.